The molecule has 0 spiro atoms. The van der Waals surface area contributed by atoms with Gasteiger partial charge in [0.25, 0.3) is 0 Å². The normalized spacial score (nSPS) is 17.9. The van der Waals surface area contributed by atoms with Crippen LogP contribution in [0.25, 0.3) is 5.69 Å². The maximum atomic E-state index is 5.79. The predicted octanol–water partition coefficient (Wildman–Crippen LogP) is 2.91. The molecule has 4 nitrogen and oxygen atoms in total. The van der Waals surface area contributed by atoms with Crippen molar-refractivity contribution in [3.05, 3.63) is 41.7 Å². The summed E-state index contributed by atoms with van der Waals surface area (Å²) in [4.78, 5) is 0. The maximum absolute atomic E-state index is 5.79. The van der Waals surface area contributed by atoms with Gasteiger partial charge in [0, 0.05) is 30.7 Å². The summed E-state index contributed by atoms with van der Waals surface area (Å²) in [5.74, 6) is 0.885. The van der Waals surface area contributed by atoms with Crippen molar-refractivity contribution in [1.29, 1.82) is 0 Å². The van der Waals surface area contributed by atoms with Gasteiger partial charge in [0.05, 0.1) is 5.69 Å². The molecular formula is C16H20N2O2. The van der Waals surface area contributed by atoms with Crippen LogP contribution in [0.1, 0.15) is 11.4 Å². The molecule has 1 unspecified atom stereocenters. The van der Waals surface area contributed by atoms with Crippen molar-refractivity contribution < 1.29 is 9.47 Å². The molecule has 3 rings (SSSR count). The number of nitrogens with one attached hydrogen (secondary N) is 1. The molecule has 1 aromatic heterocycles. The largest absolute Gasteiger partial charge is 0.489 e. The van der Waals surface area contributed by atoms with Crippen molar-refractivity contribution in [2.75, 3.05) is 25.6 Å². The Bertz CT molecular complexity index is 599. The van der Waals surface area contributed by atoms with Gasteiger partial charge in [0.15, 0.2) is 0 Å². The van der Waals surface area contributed by atoms with Crippen LogP contribution in [-0.4, -0.2) is 30.9 Å². The number of aromatic nitrogens is 1. The number of rotatable bonds is 2. The summed E-state index contributed by atoms with van der Waals surface area (Å²) >= 11 is 0. The molecule has 0 saturated heterocycles. The molecule has 2 heterocycles. The lowest BCUT2D eigenvalue weighted by molar-refractivity contribution is 0.0709. The molecule has 0 radical (unpaired) electrons. The first-order valence-corrected chi connectivity index (χ1v) is 6.88. The minimum absolute atomic E-state index is 0.0842. The van der Waals surface area contributed by atoms with Crippen LogP contribution in [0.3, 0.4) is 0 Å². The zero-order valence-corrected chi connectivity index (χ0v) is 12.1. The molecule has 1 atom stereocenters. The Morgan fingerprint density at radius 1 is 1.20 bits per heavy atom. The van der Waals surface area contributed by atoms with E-state index in [-0.39, 0.29) is 6.10 Å². The summed E-state index contributed by atoms with van der Waals surface area (Å²) in [6, 6.07) is 10.5. The Morgan fingerprint density at radius 2 is 1.95 bits per heavy atom. The van der Waals surface area contributed by atoms with Gasteiger partial charge in [-0.05, 0) is 44.2 Å². The summed E-state index contributed by atoms with van der Waals surface area (Å²) in [5, 5.41) is 3.40. The number of nitrogens with zero attached hydrogens (tertiary/aromatic N) is 1. The molecule has 1 aromatic carbocycles. The summed E-state index contributed by atoms with van der Waals surface area (Å²) < 4.78 is 13.4. The van der Waals surface area contributed by atoms with E-state index >= 15 is 0 Å². The van der Waals surface area contributed by atoms with E-state index in [9.17, 15) is 0 Å². The average Bonchev–Trinajstić information content (AvgIpc) is 2.68. The number of aryl methyl sites for hydroxylation is 2. The lowest BCUT2D eigenvalue weighted by Crippen LogP contribution is -2.25. The van der Waals surface area contributed by atoms with Gasteiger partial charge in [-0.15, -0.1) is 0 Å². The average molecular weight is 272 g/mol. The van der Waals surface area contributed by atoms with Crippen LogP contribution in [-0.2, 0) is 4.74 Å². The molecule has 2 aromatic rings. The van der Waals surface area contributed by atoms with Crippen LogP contribution in [0.4, 0.5) is 5.69 Å². The standard InChI is InChI=1S/C16H20N2O2/c1-11-4-5-12(2)18(11)13-6-7-16-15(8-13)17-9-14(19-3)10-20-16/h4-8,14,17H,9-10H2,1-3H3. The van der Waals surface area contributed by atoms with Crippen molar-refractivity contribution in [2.45, 2.75) is 20.0 Å². The Kier molecular flexibility index (Phi) is 3.40. The summed E-state index contributed by atoms with van der Waals surface area (Å²) in [7, 11) is 1.71. The van der Waals surface area contributed by atoms with Crippen LogP contribution in [0.2, 0.25) is 0 Å². The van der Waals surface area contributed by atoms with Gasteiger partial charge in [-0.1, -0.05) is 0 Å². The number of benzene rings is 1. The highest BCUT2D eigenvalue weighted by Crippen LogP contribution is 2.30. The van der Waals surface area contributed by atoms with Crippen LogP contribution >= 0.6 is 0 Å². The zero-order valence-electron chi connectivity index (χ0n) is 12.1. The second kappa shape index (κ2) is 5.21. The monoisotopic (exact) mass is 272 g/mol. The quantitative estimate of drug-likeness (QED) is 0.913. The van der Waals surface area contributed by atoms with Crippen LogP contribution < -0.4 is 10.1 Å². The topological polar surface area (TPSA) is 35.4 Å². The minimum atomic E-state index is 0.0842. The first-order chi connectivity index (χ1) is 9.69. The summed E-state index contributed by atoms with van der Waals surface area (Å²) in [6.45, 7) is 5.57. The van der Waals surface area contributed by atoms with Gasteiger partial charge in [-0.3, -0.25) is 0 Å². The molecular weight excluding hydrogens is 252 g/mol. The zero-order chi connectivity index (χ0) is 14.1. The minimum Gasteiger partial charge on any atom is -0.489 e. The van der Waals surface area contributed by atoms with Gasteiger partial charge < -0.3 is 19.4 Å². The van der Waals surface area contributed by atoms with E-state index in [0.717, 1.165) is 23.7 Å². The van der Waals surface area contributed by atoms with Crippen molar-refractivity contribution >= 4 is 5.69 Å². The Balaban J connectivity index is 1.96. The molecule has 1 N–H and O–H groups in total. The SMILES string of the molecule is COC1CNc2cc(-n3c(C)ccc3C)ccc2OC1. The smallest absolute Gasteiger partial charge is 0.142 e. The third-order valence-corrected chi connectivity index (χ3v) is 3.77. The van der Waals surface area contributed by atoms with Crippen molar-refractivity contribution in [3.63, 3.8) is 0 Å². The van der Waals surface area contributed by atoms with Gasteiger partial charge in [0.2, 0.25) is 0 Å². The maximum Gasteiger partial charge on any atom is 0.142 e. The number of hydrogen-bond acceptors (Lipinski definition) is 3. The van der Waals surface area contributed by atoms with E-state index in [1.54, 1.807) is 7.11 Å². The molecule has 0 saturated carbocycles. The van der Waals surface area contributed by atoms with Crippen LogP contribution in [0.5, 0.6) is 5.75 Å². The lowest BCUT2D eigenvalue weighted by atomic mass is 10.2. The third kappa shape index (κ3) is 2.27. The Labute approximate surface area is 119 Å². The Morgan fingerprint density at radius 3 is 2.65 bits per heavy atom. The first-order valence-electron chi connectivity index (χ1n) is 6.88. The molecule has 0 amide bonds. The number of ether oxygens (including phenoxy) is 2. The van der Waals surface area contributed by atoms with E-state index in [1.807, 2.05) is 6.07 Å². The number of methoxy groups -OCH3 is 1. The number of hydrogen-bond donors (Lipinski definition) is 1. The van der Waals surface area contributed by atoms with E-state index in [4.69, 9.17) is 9.47 Å². The van der Waals surface area contributed by atoms with Gasteiger partial charge in [0.1, 0.15) is 18.5 Å². The predicted molar refractivity (Wildman–Crippen MR) is 80.0 cm³/mol. The lowest BCUT2D eigenvalue weighted by Gasteiger charge is -2.13. The second-order valence-corrected chi connectivity index (χ2v) is 5.18. The highest BCUT2D eigenvalue weighted by molar-refractivity contribution is 5.62. The van der Waals surface area contributed by atoms with Crippen molar-refractivity contribution in [2.24, 2.45) is 0 Å². The molecule has 0 aliphatic carbocycles. The fraction of sp³-hybridized carbons (Fsp3) is 0.375. The van der Waals surface area contributed by atoms with Crippen molar-refractivity contribution in [1.82, 2.24) is 4.57 Å². The molecule has 1 aliphatic heterocycles. The van der Waals surface area contributed by atoms with Gasteiger partial charge in [-0.2, -0.15) is 0 Å². The van der Waals surface area contributed by atoms with E-state index in [2.05, 4.69) is 48.0 Å². The number of fused-ring (bicyclic) bond motifs is 1. The molecule has 1 aliphatic rings. The molecule has 20 heavy (non-hydrogen) atoms. The van der Waals surface area contributed by atoms with Gasteiger partial charge >= 0.3 is 0 Å². The van der Waals surface area contributed by atoms with Gasteiger partial charge in [-0.25, -0.2) is 0 Å². The molecule has 0 fully saturated rings. The Hall–Kier alpha value is -1.94. The molecule has 106 valence electrons. The van der Waals surface area contributed by atoms with Crippen LogP contribution in [0.15, 0.2) is 30.3 Å². The van der Waals surface area contributed by atoms with Crippen LogP contribution in [0, 0.1) is 13.8 Å². The fourth-order valence-corrected chi connectivity index (χ4v) is 2.61. The highest BCUT2D eigenvalue weighted by atomic mass is 16.5. The van der Waals surface area contributed by atoms with E-state index in [0.29, 0.717) is 6.61 Å². The van der Waals surface area contributed by atoms with E-state index in [1.165, 1.54) is 11.4 Å². The highest BCUT2D eigenvalue weighted by Gasteiger charge is 2.17. The second-order valence-electron chi connectivity index (χ2n) is 5.18. The van der Waals surface area contributed by atoms with E-state index < -0.39 is 0 Å². The number of anilines is 1. The first kappa shape index (κ1) is 13.1. The third-order valence-electron chi connectivity index (χ3n) is 3.77. The molecule has 0 bridgehead atoms. The fourth-order valence-electron chi connectivity index (χ4n) is 2.61. The molecule has 4 heteroatoms. The van der Waals surface area contributed by atoms with Crippen molar-refractivity contribution in [3.8, 4) is 11.4 Å². The summed E-state index contributed by atoms with van der Waals surface area (Å²) in [5.41, 5.74) is 4.63. The summed E-state index contributed by atoms with van der Waals surface area (Å²) in [6.07, 6.45) is 0.0842.